The molecule has 0 radical (unpaired) electrons. The molecule has 1 aliphatic carbocycles. The van der Waals surface area contributed by atoms with Crippen LogP contribution in [0.15, 0.2) is 18.2 Å². The van der Waals surface area contributed by atoms with Crippen LogP contribution < -0.4 is 15.5 Å². The van der Waals surface area contributed by atoms with Crippen molar-refractivity contribution >= 4 is 40.7 Å². The van der Waals surface area contributed by atoms with Gasteiger partial charge in [-0.1, -0.05) is 30.9 Å². The van der Waals surface area contributed by atoms with Gasteiger partial charge in [-0.2, -0.15) is 0 Å². The molecule has 1 aromatic rings. The molecule has 0 spiro atoms. The fourth-order valence-corrected chi connectivity index (χ4v) is 4.36. The molecule has 1 aliphatic heterocycles. The van der Waals surface area contributed by atoms with Gasteiger partial charge in [-0.25, -0.2) is 0 Å². The second kappa shape index (κ2) is 9.13. The maximum Gasteiger partial charge on any atom is 0.313 e. The van der Waals surface area contributed by atoms with Gasteiger partial charge < -0.3 is 20.4 Å². The van der Waals surface area contributed by atoms with Gasteiger partial charge in [-0.15, -0.1) is 0 Å². The van der Waals surface area contributed by atoms with E-state index in [-0.39, 0.29) is 11.4 Å². The van der Waals surface area contributed by atoms with Gasteiger partial charge >= 0.3 is 11.8 Å². The van der Waals surface area contributed by atoms with Gasteiger partial charge in [-0.05, 0) is 51.6 Å². The first-order valence-electron chi connectivity index (χ1n) is 10.2. The Labute approximate surface area is 176 Å². The van der Waals surface area contributed by atoms with Crippen LogP contribution in [0, 0.1) is 0 Å². The molecule has 3 amide bonds. The Bertz CT molecular complexity index is 790. The van der Waals surface area contributed by atoms with Gasteiger partial charge in [0.2, 0.25) is 5.91 Å². The van der Waals surface area contributed by atoms with Gasteiger partial charge in [0.15, 0.2) is 0 Å². The number of amides is 3. The van der Waals surface area contributed by atoms with E-state index in [0.717, 1.165) is 32.1 Å². The summed E-state index contributed by atoms with van der Waals surface area (Å²) in [6.07, 6.45) is 6.77. The second-order valence-corrected chi connectivity index (χ2v) is 8.54. The van der Waals surface area contributed by atoms with Crippen molar-refractivity contribution in [2.24, 2.45) is 0 Å². The minimum atomic E-state index is -0.762. The number of rotatable bonds is 5. The zero-order valence-electron chi connectivity index (χ0n) is 17.1. The number of benzene rings is 1. The standard InChI is InChI=1S/C21H29ClN4O3/c1-25(2)21(10-4-3-5-11-21)14-23-19(28)20(29)24-17-13-15(8-9-16(17)22)26-12-6-7-18(26)27/h8-9,13H,3-7,10-12,14H2,1-2H3,(H,23,28)(H,24,29). The second-order valence-electron chi connectivity index (χ2n) is 8.13. The van der Waals surface area contributed by atoms with Gasteiger partial charge in [0, 0.05) is 30.7 Å². The lowest BCUT2D eigenvalue weighted by Crippen LogP contribution is -2.55. The molecule has 2 aliphatic rings. The summed E-state index contributed by atoms with van der Waals surface area (Å²) in [5.41, 5.74) is 0.882. The number of halogens is 1. The topological polar surface area (TPSA) is 81.8 Å². The Morgan fingerprint density at radius 1 is 1.14 bits per heavy atom. The maximum atomic E-state index is 12.4. The molecule has 8 heteroatoms. The third kappa shape index (κ3) is 4.90. The van der Waals surface area contributed by atoms with E-state index in [0.29, 0.717) is 35.9 Å². The monoisotopic (exact) mass is 420 g/mol. The zero-order chi connectivity index (χ0) is 21.0. The van der Waals surface area contributed by atoms with Crippen LogP contribution in [0.25, 0.3) is 0 Å². The van der Waals surface area contributed by atoms with Crippen molar-refractivity contribution in [3.63, 3.8) is 0 Å². The summed E-state index contributed by atoms with van der Waals surface area (Å²) in [7, 11) is 4.03. The molecule has 0 atom stereocenters. The third-order valence-electron chi connectivity index (χ3n) is 6.10. The first kappa shape index (κ1) is 21.6. The van der Waals surface area contributed by atoms with Crippen LogP contribution in [0.3, 0.4) is 0 Å². The lowest BCUT2D eigenvalue weighted by Gasteiger charge is -2.43. The highest BCUT2D eigenvalue weighted by atomic mass is 35.5. The molecular formula is C21H29ClN4O3. The van der Waals surface area contributed by atoms with E-state index in [1.807, 2.05) is 14.1 Å². The van der Waals surface area contributed by atoms with Crippen molar-refractivity contribution in [3.05, 3.63) is 23.2 Å². The lowest BCUT2D eigenvalue weighted by atomic mass is 9.80. The van der Waals surface area contributed by atoms with Gasteiger partial charge in [0.05, 0.1) is 10.7 Å². The molecule has 7 nitrogen and oxygen atoms in total. The molecule has 2 fully saturated rings. The maximum absolute atomic E-state index is 12.4. The summed E-state index contributed by atoms with van der Waals surface area (Å²) in [6, 6.07) is 5.00. The largest absolute Gasteiger partial charge is 0.346 e. The van der Waals surface area contributed by atoms with E-state index < -0.39 is 11.8 Å². The number of nitrogens with one attached hydrogen (secondary N) is 2. The van der Waals surface area contributed by atoms with E-state index >= 15 is 0 Å². The van der Waals surface area contributed by atoms with E-state index in [1.165, 1.54) is 6.42 Å². The Morgan fingerprint density at radius 2 is 1.86 bits per heavy atom. The first-order chi connectivity index (χ1) is 13.8. The van der Waals surface area contributed by atoms with Crippen molar-refractivity contribution < 1.29 is 14.4 Å². The van der Waals surface area contributed by atoms with Crippen molar-refractivity contribution in [2.45, 2.75) is 50.5 Å². The Balaban J connectivity index is 1.63. The highest BCUT2D eigenvalue weighted by molar-refractivity contribution is 6.41. The van der Waals surface area contributed by atoms with Crippen molar-refractivity contribution in [1.29, 1.82) is 0 Å². The summed E-state index contributed by atoms with van der Waals surface area (Å²) in [5, 5.41) is 5.69. The summed E-state index contributed by atoms with van der Waals surface area (Å²) < 4.78 is 0. The number of anilines is 2. The minimum Gasteiger partial charge on any atom is -0.346 e. The molecule has 0 unspecified atom stereocenters. The van der Waals surface area contributed by atoms with E-state index in [9.17, 15) is 14.4 Å². The van der Waals surface area contributed by atoms with Crippen molar-refractivity contribution in [3.8, 4) is 0 Å². The fraction of sp³-hybridized carbons (Fsp3) is 0.571. The molecule has 1 saturated heterocycles. The molecule has 1 saturated carbocycles. The molecule has 3 rings (SSSR count). The third-order valence-corrected chi connectivity index (χ3v) is 6.43. The molecule has 29 heavy (non-hydrogen) atoms. The summed E-state index contributed by atoms with van der Waals surface area (Å²) in [5.74, 6) is -1.40. The van der Waals surface area contributed by atoms with Crippen molar-refractivity contribution in [1.82, 2.24) is 10.2 Å². The number of carbonyl (C=O) groups is 3. The smallest absolute Gasteiger partial charge is 0.313 e. The summed E-state index contributed by atoms with van der Waals surface area (Å²) in [6.45, 7) is 1.07. The minimum absolute atomic E-state index is 0.0452. The zero-order valence-corrected chi connectivity index (χ0v) is 17.8. The Kier molecular flexibility index (Phi) is 6.80. The molecule has 2 N–H and O–H groups in total. The SMILES string of the molecule is CN(C)C1(CNC(=O)C(=O)Nc2cc(N3CCCC3=O)ccc2Cl)CCCCC1. The number of hydrogen-bond donors (Lipinski definition) is 2. The molecule has 158 valence electrons. The van der Waals surface area contributed by atoms with Crippen LogP contribution in [0.1, 0.15) is 44.9 Å². The summed E-state index contributed by atoms with van der Waals surface area (Å²) >= 11 is 6.19. The van der Waals surface area contributed by atoms with Gasteiger partial charge in [-0.3, -0.25) is 14.4 Å². The number of carbonyl (C=O) groups excluding carboxylic acids is 3. The van der Waals surface area contributed by atoms with Crippen molar-refractivity contribution in [2.75, 3.05) is 37.4 Å². The van der Waals surface area contributed by atoms with Crippen LogP contribution in [0.5, 0.6) is 0 Å². The number of hydrogen-bond acceptors (Lipinski definition) is 4. The molecule has 0 aromatic heterocycles. The lowest BCUT2D eigenvalue weighted by molar-refractivity contribution is -0.136. The van der Waals surface area contributed by atoms with Crippen LogP contribution in [-0.4, -0.2) is 55.3 Å². The quantitative estimate of drug-likeness (QED) is 0.717. The first-order valence-corrected chi connectivity index (χ1v) is 10.6. The average Bonchev–Trinajstić information content (AvgIpc) is 3.14. The van der Waals surface area contributed by atoms with E-state index in [2.05, 4.69) is 15.5 Å². The molecule has 1 aromatic carbocycles. The van der Waals surface area contributed by atoms with Gasteiger partial charge in [0.1, 0.15) is 0 Å². The average molecular weight is 421 g/mol. The predicted octanol–water partition coefficient (Wildman–Crippen LogP) is 2.79. The fourth-order valence-electron chi connectivity index (χ4n) is 4.19. The highest BCUT2D eigenvalue weighted by Crippen LogP contribution is 2.32. The van der Waals surface area contributed by atoms with Crippen LogP contribution in [0.2, 0.25) is 5.02 Å². The number of nitrogens with zero attached hydrogens (tertiary/aromatic N) is 2. The predicted molar refractivity (Wildman–Crippen MR) is 114 cm³/mol. The summed E-state index contributed by atoms with van der Waals surface area (Å²) in [4.78, 5) is 40.6. The Hall–Kier alpha value is -2.12. The van der Waals surface area contributed by atoms with E-state index in [1.54, 1.807) is 23.1 Å². The Morgan fingerprint density at radius 3 is 2.48 bits per heavy atom. The van der Waals surface area contributed by atoms with Gasteiger partial charge in [0.25, 0.3) is 0 Å². The van der Waals surface area contributed by atoms with E-state index in [4.69, 9.17) is 11.6 Å². The molecule has 1 heterocycles. The highest BCUT2D eigenvalue weighted by Gasteiger charge is 2.35. The molecular weight excluding hydrogens is 392 g/mol. The number of likely N-dealkylation sites (N-methyl/N-ethyl adjacent to an activating group) is 1. The van der Waals surface area contributed by atoms with Crippen LogP contribution >= 0.6 is 11.6 Å². The van der Waals surface area contributed by atoms with Crippen LogP contribution in [0.4, 0.5) is 11.4 Å². The van der Waals surface area contributed by atoms with Crippen LogP contribution in [-0.2, 0) is 14.4 Å². The molecule has 0 bridgehead atoms. The normalized spacial score (nSPS) is 18.8.